The lowest BCUT2D eigenvalue weighted by atomic mass is 9.93. The van der Waals surface area contributed by atoms with E-state index in [1.165, 1.54) is 0 Å². The smallest absolute Gasteiger partial charge is 0.104 e. The summed E-state index contributed by atoms with van der Waals surface area (Å²) in [5, 5.41) is 9.31. The molecule has 84 valence electrons. The normalized spacial score (nSPS) is 26.8. The fourth-order valence-electron chi connectivity index (χ4n) is 2.19. The molecule has 4 nitrogen and oxygen atoms in total. The van der Waals surface area contributed by atoms with Crippen LogP contribution in [0.2, 0.25) is 0 Å². The highest BCUT2D eigenvalue weighted by molar-refractivity contribution is 5.05. The lowest BCUT2D eigenvalue weighted by Gasteiger charge is -2.30. The summed E-state index contributed by atoms with van der Waals surface area (Å²) >= 11 is 0. The number of hydrogen-bond acceptors (Lipinski definition) is 3. The number of rotatable bonds is 3. The van der Waals surface area contributed by atoms with Crippen LogP contribution in [0.1, 0.15) is 31.6 Å². The lowest BCUT2D eigenvalue weighted by Crippen LogP contribution is -2.26. The monoisotopic (exact) mass is 210 g/mol. The van der Waals surface area contributed by atoms with Crippen LogP contribution in [0.5, 0.6) is 0 Å². The summed E-state index contributed by atoms with van der Waals surface area (Å²) in [4.78, 5) is 4.14. The van der Waals surface area contributed by atoms with Gasteiger partial charge in [0, 0.05) is 25.7 Å². The Hall–Kier alpha value is -0.870. The van der Waals surface area contributed by atoms with E-state index in [-0.39, 0.29) is 18.6 Å². The van der Waals surface area contributed by atoms with Gasteiger partial charge in [-0.2, -0.15) is 0 Å². The summed E-state index contributed by atoms with van der Waals surface area (Å²) in [7, 11) is 0. The van der Waals surface area contributed by atoms with Crippen molar-refractivity contribution in [1.82, 2.24) is 9.55 Å². The second-order valence-electron chi connectivity index (χ2n) is 3.98. The number of aliphatic hydroxyl groups is 1. The van der Waals surface area contributed by atoms with Gasteiger partial charge in [0.15, 0.2) is 0 Å². The Morgan fingerprint density at radius 1 is 1.67 bits per heavy atom. The van der Waals surface area contributed by atoms with E-state index in [0.717, 1.165) is 31.7 Å². The molecule has 0 saturated carbocycles. The van der Waals surface area contributed by atoms with Crippen LogP contribution < -0.4 is 0 Å². The van der Waals surface area contributed by atoms with E-state index in [9.17, 15) is 5.11 Å². The van der Waals surface area contributed by atoms with Crippen molar-refractivity contribution in [1.29, 1.82) is 0 Å². The SMILES string of the molecule is CCn1cncc1C1OCCCC1CO. The molecule has 1 aliphatic rings. The molecule has 2 unspecified atom stereocenters. The summed E-state index contributed by atoms with van der Waals surface area (Å²) in [6, 6.07) is 0. The Kier molecular flexibility index (Phi) is 3.38. The van der Waals surface area contributed by atoms with Crippen molar-refractivity contribution in [2.45, 2.75) is 32.4 Å². The van der Waals surface area contributed by atoms with Gasteiger partial charge in [0.25, 0.3) is 0 Å². The Bertz CT molecular complexity index is 311. The van der Waals surface area contributed by atoms with E-state index in [1.807, 2.05) is 12.5 Å². The maximum absolute atomic E-state index is 9.31. The average molecular weight is 210 g/mol. The van der Waals surface area contributed by atoms with Crippen molar-refractivity contribution < 1.29 is 9.84 Å². The number of nitrogens with zero attached hydrogens (tertiary/aromatic N) is 2. The first-order valence-corrected chi connectivity index (χ1v) is 5.59. The molecule has 0 amide bonds. The highest BCUT2D eigenvalue weighted by Crippen LogP contribution is 2.32. The molecule has 2 atom stereocenters. The number of hydrogen-bond donors (Lipinski definition) is 1. The van der Waals surface area contributed by atoms with Gasteiger partial charge in [-0.3, -0.25) is 0 Å². The second-order valence-corrected chi connectivity index (χ2v) is 3.98. The van der Waals surface area contributed by atoms with Crippen LogP contribution in [0.25, 0.3) is 0 Å². The van der Waals surface area contributed by atoms with Gasteiger partial charge in [-0.15, -0.1) is 0 Å². The molecule has 0 bridgehead atoms. The largest absolute Gasteiger partial charge is 0.396 e. The first-order valence-electron chi connectivity index (χ1n) is 5.59. The molecule has 1 saturated heterocycles. The molecule has 4 heteroatoms. The van der Waals surface area contributed by atoms with Crippen molar-refractivity contribution >= 4 is 0 Å². The Morgan fingerprint density at radius 3 is 3.27 bits per heavy atom. The summed E-state index contributed by atoms with van der Waals surface area (Å²) in [5.74, 6) is 0.223. The maximum atomic E-state index is 9.31. The van der Waals surface area contributed by atoms with Crippen molar-refractivity contribution in [3.8, 4) is 0 Å². The van der Waals surface area contributed by atoms with Gasteiger partial charge in [-0.25, -0.2) is 4.98 Å². The van der Waals surface area contributed by atoms with Crippen LogP contribution >= 0.6 is 0 Å². The maximum Gasteiger partial charge on any atom is 0.104 e. The minimum atomic E-state index is 0.0196. The molecule has 0 spiro atoms. The van der Waals surface area contributed by atoms with E-state index < -0.39 is 0 Å². The molecule has 1 aliphatic heterocycles. The van der Waals surface area contributed by atoms with Crippen molar-refractivity contribution in [3.63, 3.8) is 0 Å². The van der Waals surface area contributed by atoms with Gasteiger partial charge in [0.2, 0.25) is 0 Å². The summed E-state index contributed by atoms with van der Waals surface area (Å²) < 4.78 is 7.83. The average Bonchev–Trinajstić information content (AvgIpc) is 2.76. The zero-order chi connectivity index (χ0) is 10.7. The van der Waals surface area contributed by atoms with Crippen molar-refractivity contribution in [2.75, 3.05) is 13.2 Å². The summed E-state index contributed by atoms with van der Waals surface area (Å²) in [6.45, 7) is 3.96. The molecular weight excluding hydrogens is 192 g/mol. The Labute approximate surface area is 89.9 Å². The van der Waals surface area contributed by atoms with Gasteiger partial charge >= 0.3 is 0 Å². The van der Waals surface area contributed by atoms with E-state index in [0.29, 0.717) is 0 Å². The van der Waals surface area contributed by atoms with E-state index in [2.05, 4.69) is 16.5 Å². The first-order chi connectivity index (χ1) is 7.36. The van der Waals surface area contributed by atoms with Crippen LogP contribution in [0.15, 0.2) is 12.5 Å². The van der Waals surface area contributed by atoms with E-state index in [4.69, 9.17) is 4.74 Å². The second kappa shape index (κ2) is 4.77. The topological polar surface area (TPSA) is 47.3 Å². The van der Waals surface area contributed by atoms with Gasteiger partial charge < -0.3 is 14.4 Å². The minimum Gasteiger partial charge on any atom is -0.396 e. The standard InChI is InChI=1S/C11H18N2O2/c1-2-13-8-12-6-10(13)11-9(7-14)4-3-5-15-11/h6,8-9,11,14H,2-5,7H2,1H3. The van der Waals surface area contributed by atoms with Crippen LogP contribution in [-0.4, -0.2) is 27.9 Å². The number of ether oxygens (including phenoxy) is 1. The molecule has 2 heterocycles. The van der Waals surface area contributed by atoms with Gasteiger partial charge in [0.1, 0.15) is 6.10 Å². The zero-order valence-electron chi connectivity index (χ0n) is 9.09. The van der Waals surface area contributed by atoms with Crippen LogP contribution in [0, 0.1) is 5.92 Å². The predicted molar refractivity (Wildman–Crippen MR) is 56.4 cm³/mol. The Morgan fingerprint density at radius 2 is 2.53 bits per heavy atom. The molecule has 1 aromatic heterocycles. The molecule has 2 rings (SSSR count). The molecule has 1 fully saturated rings. The molecule has 0 aromatic carbocycles. The fourth-order valence-corrected chi connectivity index (χ4v) is 2.19. The molecule has 1 N–H and O–H groups in total. The van der Waals surface area contributed by atoms with Gasteiger partial charge in [0.05, 0.1) is 18.2 Å². The molecular formula is C11H18N2O2. The molecule has 1 aromatic rings. The first kappa shape index (κ1) is 10.6. The predicted octanol–water partition coefficient (Wildman–Crippen LogP) is 1.36. The van der Waals surface area contributed by atoms with E-state index in [1.54, 1.807) is 0 Å². The Balaban J connectivity index is 2.20. The third-order valence-electron chi connectivity index (χ3n) is 3.06. The van der Waals surface area contributed by atoms with Crippen molar-refractivity contribution in [3.05, 3.63) is 18.2 Å². The molecule has 0 radical (unpaired) electrons. The number of aliphatic hydroxyl groups excluding tert-OH is 1. The molecule has 15 heavy (non-hydrogen) atoms. The third kappa shape index (κ3) is 2.06. The minimum absolute atomic E-state index is 0.0196. The number of aryl methyl sites for hydroxylation is 1. The van der Waals surface area contributed by atoms with Crippen LogP contribution in [0.3, 0.4) is 0 Å². The van der Waals surface area contributed by atoms with Gasteiger partial charge in [-0.1, -0.05) is 0 Å². The summed E-state index contributed by atoms with van der Waals surface area (Å²) in [5.41, 5.74) is 1.09. The number of aromatic nitrogens is 2. The van der Waals surface area contributed by atoms with Crippen LogP contribution in [-0.2, 0) is 11.3 Å². The fraction of sp³-hybridized carbons (Fsp3) is 0.727. The van der Waals surface area contributed by atoms with Crippen LogP contribution in [0.4, 0.5) is 0 Å². The zero-order valence-corrected chi connectivity index (χ0v) is 9.09. The highest BCUT2D eigenvalue weighted by atomic mass is 16.5. The quantitative estimate of drug-likeness (QED) is 0.819. The lowest BCUT2D eigenvalue weighted by molar-refractivity contribution is -0.0496. The van der Waals surface area contributed by atoms with Gasteiger partial charge in [-0.05, 0) is 19.8 Å². The summed E-state index contributed by atoms with van der Waals surface area (Å²) in [6.07, 6.45) is 5.77. The molecule has 0 aliphatic carbocycles. The van der Waals surface area contributed by atoms with E-state index >= 15 is 0 Å². The third-order valence-corrected chi connectivity index (χ3v) is 3.06. The number of imidazole rings is 1. The van der Waals surface area contributed by atoms with Crippen molar-refractivity contribution in [2.24, 2.45) is 5.92 Å². The highest BCUT2D eigenvalue weighted by Gasteiger charge is 2.28.